The molecule has 0 aromatic carbocycles. The normalized spacial score (nSPS) is 11.1. The van der Waals surface area contributed by atoms with Crippen LogP contribution in [0.3, 0.4) is 0 Å². The molecule has 0 radical (unpaired) electrons. The lowest BCUT2D eigenvalue weighted by Crippen LogP contribution is -2.12. The number of fused-ring (bicyclic) bond motifs is 1. The number of nitrogens with zero attached hydrogens (tertiary/aromatic N) is 7. The minimum absolute atomic E-state index is 0.582. The summed E-state index contributed by atoms with van der Waals surface area (Å²) in [5.74, 6) is 2.26. The summed E-state index contributed by atoms with van der Waals surface area (Å²) in [7, 11) is 0. The lowest BCUT2D eigenvalue weighted by atomic mass is 10.2. The molecule has 24 heavy (non-hydrogen) atoms. The van der Waals surface area contributed by atoms with Crippen LogP contribution in [0.4, 0.5) is 5.82 Å². The van der Waals surface area contributed by atoms with Gasteiger partial charge in [-0.15, -0.1) is 0 Å². The molecule has 120 valence electrons. The van der Waals surface area contributed by atoms with Gasteiger partial charge in [-0.05, 0) is 26.0 Å². The van der Waals surface area contributed by atoms with Gasteiger partial charge in [-0.3, -0.25) is 0 Å². The second-order valence-electron chi connectivity index (χ2n) is 5.43. The van der Waals surface area contributed by atoms with Crippen molar-refractivity contribution in [2.75, 3.05) is 5.32 Å². The first-order valence-corrected chi connectivity index (χ1v) is 7.59. The highest BCUT2D eigenvalue weighted by Crippen LogP contribution is 2.19. The summed E-state index contributed by atoms with van der Waals surface area (Å²) in [6.07, 6.45) is 6.88. The van der Waals surface area contributed by atoms with Crippen LogP contribution in [0.25, 0.3) is 11.6 Å². The van der Waals surface area contributed by atoms with Crippen LogP contribution in [-0.2, 0) is 6.54 Å². The number of rotatable bonds is 4. The maximum Gasteiger partial charge on any atom is 0.254 e. The van der Waals surface area contributed by atoms with E-state index < -0.39 is 0 Å². The second kappa shape index (κ2) is 5.73. The van der Waals surface area contributed by atoms with Crippen molar-refractivity contribution in [3.8, 4) is 5.82 Å². The molecular formula is C16H16N8. The number of aromatic nitrogens is 7. The van der Waals surface area contributed by atoms with Crippen molar-refractivity contribution in [1.82, 2.24) is 34.3 Å². The number of nitrogens with one attached hydrogen (secondary N) is 1. The molecule has 0 saturated heterocycles. The average molecular weight is 320 g/mol. The topological polar surface area (TPSA) is 85.8 Å². The highest BCUT2D eigenvalue weighted by molar-refractivity contribution is 5.52. The summed E-state index contributed by atoms with van der Waals surface area (Å²) in [5, 5.41) is 12.0. The Bertz CT molecular complexity index is 987. The standard InChI is InChI=1S/C16H16N8/c1-11-12(2)22-16-19-10-21-24(16)14(11)18-9-13-5-3-6-17-15(13)23-8-4-7-20-23/h3-8,10,18H,9H2,1-2H3. The van der Waals surface area contributed by atoms with Crippen molar-refractivity contribution in [2.24, 2.45) is 0 Å². The molecule has 0 amide bonds. The third-order valence-corrected chi connectivity index (χ3v) is 3.94. The van der Waals surface area contributed by atoms with Crippen LogP contribution in [0.1, 0.15) is 16.8 Å². The molecule has 0 bridgehead atoms. The summed E-state index contributed by atoms with van der Waals surface area (Å²) in [6, 6.07) is 5.82. The van der Waals surface area contributed by atoms with E-state index in [4.69, 9.17) is 0 Å². The number of anilines is 1. The third kappa shape index (κ3) is 2.37. The Hall–Kier alpha value is -3.29. The van der Waals surface area contributed by atoms with Gasteiger partial charge in [-0.1, -0.05) is 6.07 Å². The highest BCUT2D eigenvalue weighted by atomic mass is 15.4. The molecule has 0 atom stereocenters. The number of hydrogen-bond donors (Lipinski definition) is 1. The fourth-order valence-electron chi connectivity index (χ4n) is 2.59. The largest absolute Gasteiger partial charge is 0.365 e. The lowest BCUT2D eigenvalue weighted by Gasteiger charge is -2.14. The minimum atomic E-state index is 0.582. The van der Waals surface area contributed by atoms with Crippen LogP contribution < -0.4 is 5.32 Å². The van der Waals surface area contributed by atoms with E-state index in [-0.39, 0.29) is 0 Å². The van der Waals surface area contributed by atoms with Gasteiger partial charge in [0.05, 0.1) is 0 Å². The molecule has 1 N–H and O–H groups in total. The van der Waals surface area contributed by atoms with Crippen molar-refractivity contribution in [1.29, 1.82) is 0 Å². The molecule has 8 heteroatoms. The molecule has 0 aliphatic carbocycles. The Morgan fingerprint density at radius 2 is 2.00 bits per heavy atom. The molecular weight excluding hydrogens is 304 g/mol. The summed E-state index contributed by atoms with van der Waals surface area (Å²) < 4.78 is 3.47. The summed E-state index contributed by atoms with van der Waals surface area (Å²) in [6.45, 7) is 4.57. The van der Waals surface area contributed by atoms with Gasteiger partial charge in [0.25, 0.3) is 5.78 Å². The predicted octanol–water partition coefficient (Wildman–Crippen LogP) is 1.93. The Morgan fingerprint density at radius 1 is 1.08 bits per heavy atom. The van der Waals surface area contributed by atoms with Crippen molar-refractivity contribution in [3.63, 3.8) is 0 Å². The van der Waals surface area contributed by atoms with Gasteiger partial charge < -0.3 is 5.32 Å². The lowest BCUT2D eigenvalue weighted by molar-refractivity contribution is 0.825. The second-order valence-corrected chi connectivity index (χ2v) is 5.43. The van der Waals surface area contributed by atoms with E-state index in [2.05, 4.69) is 30.5 Å². The molecule has 0 unspecified atom stereocenters. The molecule has 4 aromatic heterocycles. The number of aryl methyl sites for hydroxylation is 1. The van der Waals surface area contributed by atoms with Crippen LogP contribution >= 0.6 is 0 Å². The maximum atomic E-state index is 4.44. The van der Waals surface area contributed by atoms with Gasteiger partial charge in [0.15, 0.2) is 5.82 Å². The molecule has 0 aliphatic rings. The third-order valence-electron chi connectivity index (χ3n) is 3.94. The fourth-order valence-corrected chi connectivity index (χ4v) is 2.59. The quantitative estimate of drug-likeness (QED) is 0.618. The van der Waals surface area contributed by atoms with Crippen molar-refractivity contribution in [2.45, 2.75) is 20.4 Å². The van der Waals surface area contributed by atoms with Gasteiger partial charge in [0, 0.05) is 42.0 Å². The fraction of sp³-hybridized carbons (Fsp3) is 0.188. The number of pyridine rings is 1. The van der Waals surface area contributed by atoms with Crippen LogP contribution in [0.2, 0.25) is 0 Å². The zero-order chi connectivity index (χ0) is 16.5. The summed E-state index contributed by atoms with van der Waals surface area (Å²) in [4.78, 5) is 13.0. The van der Waals surface area contributed by atoms with Gasteiger partial charge in [0.2, 0.25) is 0 Å². The van der Waals surface area contributed by atoms with Crippen molar-refractivity contribution >= 4 is 11.6 Å². The predicted molar refractivity (Wildman–Crippen MR) is 88.9 cm³/mol. The van der Waals surface area contributed by atoms with Crippen LogP contribution in [-0.4, -0.2) is 34.3 Å². The summed E-state index contributed by atoms with van der Waals surface area (Å²) >= 11 is 0. The number of hydrogen-bond acceptors (Lipinski definition) is 6. The molecule has 8 nitrogen and oxygen atoms in total. The van der Waals surface area contributed by atoms with Gasteiger partial charge >= 0.3 is 0 Å². The minimum Gasteiger partial charge on any atom is -0.365 e. The van der Waals surface area contributed by atoms with Gasteiger partial charge in [-0.2, -0.15) is 19.7 Å². The van der Waals surface area contributed by atoms with Gasteiger partial charge in [-0.25, -0.2) is 14.6 Å². The Balaban J connectivity index is 1.70. The maximum absolute atomic E-state index is 4.44. The van der Waals surface area contributed by atoms with E-state index in [1.54, 1.807) is 21.6 Å². The van der Waals surface area contributed by atoms with E-state index in [0.717, 1.165) is 28.5 Å². The zero-order valence-electron chi connectivity index (χ0n) is 13.4. The van der Waals surface area contributed by atoms with Crippen LogP contribution in [0.15, 0.2) is 43.1 Å². The molecule has 0 spiro atoms. The average Bonchev–Trinajstić information content (AvgIpc) is 3.27. The smallest absolute Gasteiger partial charge is 0.254 e. The Kier molecular flexibility index (Phi) is 3.42. The van der Waals surface area contributed by atoms with Crippen LogP contribution in [0.5, 0.6) is 0 Å². The highest BCUT2D eigenvalue weighted by Gasteiger charge is 2.12. The molecule has 0 aliphatic heterocycles. The molecule has 4 heterocycles. The van der Waals surface area contributed by atoms with Crippen molar-refractivity contribution < 1.29 is 0 Å². The SMILES string of the molecule is Cc1nc2ncnn2c(NCc2cccnc2-n2cccn2)c1C. The molecule has 0 saturated carbocycles. The Labute approximate surface area is 138 Å². The van der Waals surface area contributed by atoms with Crippen LogP contribution in [0, 0.1) is 13.8 Å². The van der Waals surface area contributed by atoms with E-state index in [1.165, 1.54) is 6.33 Å². The molecule has 4 aromatic rings. The van der Waals surface area contributed by atoms with Crippen molar-refractivity contribution in [3.05, 3.63) is 59.9 Å². The van der Waals surface area contributed by atoms with Gasteiger partial charge in [0.1, 0.15) is 12.1 Å². The Morgan fingerprint density at radius 3 is 2.83 bits per heavy atom. The molecule has 0 fully saturated rings. The van der Waals surface area contributed by atoms with E-state index in [9.17, 15) is 0 Å². The van der Waals surface area contributed by atoms with E-state index >= 15 is 0 Å². The first-order chi connectivity index (χ1) is 11.7. The first kappa shape index (κ1) is 14.3. The molecule has 4 rings (SSSR count). The van der Waals surface area contributed by atoms with E-state index in [0.29, 0.717) is 12.3 Å². The first-order valence-electron chi connectivity index (χ1n) is 7.59. The summed E-state index contributed by atoms with van der Waals surface area (Å²) in [5.41, 5.74) is 3.00. The zero-order valence-corrected chi connectivity index (χ0v) is 13.4. The van der Waals surface area contributed by atoms with E-state index in [1.807, 2.05) is 38.2 Å². The monoisotopic (exact) mass is 320 g/mol.